The molecule has 0 aliphatic heterocycles. The molecule has 13 aromatic rings. The van der Waals surface area contributed by atoms with E-state index in [0.717, 1.165) is 124 Å². The molecule has 13 nitrogen and oxygen atoms in total. The molecule has 0 aliphatic rings. The molecule has 0 saturated heterocycles. The Hall–Kier alpha value is -10.8. The van der Waals surface area contributed by atoms with Gasteiger partial charge < -0.3 is 29.2 Å². The third-order valence-corrected chi connectivity index (χ3v) is 16.4. The number of hydrogen-bond donors (Lipinski definition) is 2. The first kappa shape index (κ1) is 53.5. The highest BCUT2D eigenvalue weighted by Crippen LogP contribution is 2.52. The van der Waals surface area contributed by atoms with Crippen LogP contribution in [0.1, 0.15) is 35.3 Å². The van der Waals surface area contributed by atoms with E-state index in [1.54, 1.807) is 26.2 Å². The minimum Gasteiger partial charge on any atom is -0.494 e. The van der Waals surface area contributed by atoms with Crippen molar-refractivity contribution in [1.82, 2.24) is 14.5 Å². The van der Waals surface area contributed by atoms with Crippen LogP contribution in [0.3, 0.4) is 0 Å². The van der Waals surface area contributed by atoms with Gasteiger partial charge >= 0.3 is 6.41 Å². The number of nitrogens with one attached hydrogen (secondary N) is 2. The van der Waals surface area contributed by atoms with Crippen molar-refractivity contribution in [2.24, 2.45) is 20.5 Å². The van der Waals surface area contributed by atoms with Crippen molar-refractivity contribution in [2.45, 2.75) is 26.7 Å². The molecule has 2 heterocycles. The Morgan fingerprint density at radius 1 is 0.506 bits per heavy atom. The first-order valence-electron chi connectivity index (χ1n) is 28.4. The SMILES string of the molecule is CCc1ccccc1N(C)C(=O)c1cc2ccc3c4ccccc4[nH]c3c2c(N=Nc2ccc(N(c3ccccc3)c3ccc(N=Nc4c(OC)c([N+](C)(C=O)c5ccccc5CC)cc5ccc6c7ccccc7[nH]c6c45)cc3)cc2)c1OC. The van der Waals surface area contributed by atoms with E-state index in [1.807, 2.05) is 159 Å². The number of aromatic amines is 2. The number of fused-ring (bicyclic) bond motifs is 10. The number of nitrogens with zero attached hydrogens (tertiary/aromatic N) is 7. The maximum Gasteiger partial charge on any atom is 0.311 e. The summed E-state index contributed by atoms with van der Waals surface area (Å²) < 4.78 is 12.4. The first-order chi connectivity index (χ1) is 41.6. The second-order valence-corrected chi connectivity index (χ2v) is 21.2. The molecule has 1 unspecified atom stereocenters. The highest BCUT2D eigenvalue weighted by Gasteiger charge is 2.37. The van der Waals surface area contributed by atoms with Crippen molar-refractivity contribution in [1.29, 1.82) is 0 Å². The van der Waals surface area contributed by atoms with Crippen LogP contribution in [0.2, 0.25) is 0 Å². The monoisotopic (exact) mass is 1110 g/mol. The second kappa shape index (κ2) is 22.2. The minimum atomic E-state index is -0.229. The molecule has 85 heavy (non-hydrogen) atoms. The van der Waals surface area contributed by atoms with Crippen LogP contribution < -0.4 is 23.8 Å². The van der Waals surface area contributed by atoms with Gasteiger partial charge in [-0.3, -0.25) is 4.79 Å². The fraction of sp³-hybridized carbons (Fsp3) is 0.111. The predicted octanol–water partition coefficient (Wildman–Crippen LogP) is 19.4. The molecule has 2 aromatic heterocycles. The van der Waals surface area contributed by atoms with Crippen molar-refractivity contribution in [2.75, 3.05) is 38.1 Å². The number of para-hydroxylation sites is 5. The van der Waals surface area contributed by atoms with Gasteiger partial charge in [0.1, 0.15) is 17.1 Å². The number of anilines is 4. The molecule has 0 spiro atoms. The number of rotatable bonds is 16. The molecule has 416 valence electrons. The molecule has 13 heteroatoms. The van der Waals surface area contributed by atoms with Gasteiger partial charge in [-0.15, -0.1) is 10.2 Å². The van der Waals surface area contributed by atoms with Crippen LogP contribution in [0, 0.1) is 0 Å². The summed E-state index contributed by atoms with van der Waals surface area (Å²) >= 11 is 0. The van der Waals surface area contributed by atoms with Gasteiger partial charge in [0.25, 0.3) is 5.91 Å². The number of methoxy groups -OCH3 is 2. The van der Waals surface area contributed by atoms with E-state index in [0.29, 0.717) is 45.5 Å². The van der Waals surface area contributed by atoms with Crippen LogP contribution in [0.15, 0.2) is 233 Å². The van der Waals surface area contributed by atoms with Crippen LogP contribution in [-0.4, -0.2) is 50.6 Å². The summed E-state index contributed by atoms with van der Waals surface area (Å²) in [6.07, 6.45) is 2.46. The van der Waals surface area contributed by atoms with Crippen molar-refractivity contribution >= 4 is 134 Å². The molecule has 0 aliphatic carbocycles. The number of H-pyrrole nitrogens is 2. The number of carbonyl (C=O) groups excluding carboxylic acids is 2. The molecular formula is C72H60N9O4+. The molecule has 13 rings (SSSR count). The maximum absolute atomic E-state index is 14.7. The lowest BCUT2D eigenvalue weighted by Crippen LogP contribution is -2.39. The van der Waals surface area contributed by atoms with Gasteiger partial charge in [-0.1, -0.05) is 129 Å². The van der Waals surface area contributed by atoms with Gasteiger partial charge in [0.15, 0.2) is 11.4 Å². The number of hydrogen-bond acceptors (Lipinski definition) is 9. The van der Waals surface area contributed by atoms with Gasteiger partial charge in [-0.25, -0.2) is 4.79 Å². The zero-order chi connectivity index (χ0) is 58.3. The smallest absolute Gasteiger partial charge is 0.311 e. The number of aryl methyl sites for hydroxylation is 2. The third-order valence-electron chi connectivity index (χ3n) is 16.4. The quantitative estimate of drug-likeness (QED) is 0.0563. The summed E-state index contributed by atoms with van der Waals surface area (Å²) in [4.78, 5) is 39.4. The number of ether oxygens (including phenoxy) is 2. The number of amides is 2. The number of quaternary nitrogens is 1. The Morgan fingerprint density at radius 2 is 0.988 bits per heavy atom. The van der Waals surface area contributed by atoms with E-state index in [9.17, 15) is 9.59 Å². The van der Waals surface area contributed by atoms with Crippen LogP contribution in [-0.2, 0) is 17.6 Å². The van der Waals surface area contributed by atoms with Crippen molar-refractivity contribution in [3.05, 3.63) is 229 Å². The van der Waals surface area contributed by atoms with Crippen LogP contribution in [0.25, 0.3) is 65.2 Å². The zero-order valence-corrected chi connectivity index (χ0v) is 48.0. The molecule has 2 N–H and O–H groups in total. The summed E-state index contributed by atoms with van der Waals surface area (Å²) in [5.41, 5.74) is 13.4. The Morgan fingerprint density at radius 3 is 1.54 bits per heavy atom. The van der Waals surface area contributed by atoms with Crippen molar-refractivity contribution in [3.63, 3.8) is 0 Å². The molecule has 2 amide bonds. The molecule has 0 radical (unpaired) electrons. The molecule has 0 bridgehead atoms. The Labute approximate surface area is 491 Å². The highest BCUT2D eigenvalue weighted by molar-refractivity contribution is 6.24. The lowest BCUT2D eigenvalue weighted by atomic mass is 9.99. The largest absolute Gasteiger partial charge is 0.494 e. The predicted molar refractivity (Wildman–Crippen MR) is 347 cm³/mol. The Kier molecular flexibility index (Phi) is 14.0. The number of benzene rings is 11. The summed E-state index contributed by atoms with van der Waals surface area (Å²) in [5, 5.41) is 27.4. The maximum atomic E-state index is 14.7. The molecule has 11 aromatic carbocycles. The number of carbonyl (C=O) groups is 2. The summed E-state index contributed by atoms with van der Waals surface area (Å²) in [5.74, 6) is 0.536. The molecular weight excluding hydrogens is 1050 g/mol. The van der Waals surface area contributed by atoms with Crippen LogP contribution in [0.4, 0.5) is 56.9 Å². The molecule has 0 saturated carbocycles. The summed E-state index contributed by atoms with van der Waals surface area (Å²) in [6.45, 7) is 4.17. The number of aromatic nitrogens is 2. The van der Waals surface area contributed by atoms with Crippen LogP contribution >= 0.6 is 0 Å². The van der Waals surface area contributed by atoms with E-state index < -0.39 is 0 Å². The van der Waals surface area contributed by atoms with Crippen molar-refractivity contribution in [3.8, 4) is 11.5 Å². The van der Waals surface area contributed by atoms with Crippen LogP contribution in [0.5, 0.6) is 11.5 Å². The lowest BCUT2D eigenvalue weighted by Gasteiger charge is -2.30. The van der Waals surface area contributed by atoms with E-state index in [4.69, 9.17) is 29.9 Å². The fourth-order valence-corrected chi connectivity index (χ4v) is 12.1. The van der Waals surface area contributed by atoms with E-state index >= 15 is 0 Å². The van der Waals surface area contributed by atoms with Gasteiger partial charge in [-0.05, 0) is 114 Å². The second-order valence-electron chi connectivity index (χ2n) is 21.2. The van der Waals surface area contributed by atoms with E-state index in [-0.39, 0.29) is 10.4 Å². The Balaban J connectivity index is 0.875. The first-order valence-corrected chi connectivity index (χ1v) is 28.4. The van der Waals surface area contributed by atoms with E-state index in [1.165, 1.54) is 0 Å². The minimum absolute atomic E-state index is 0.172. The van der Waals surface area contributed by atoms with Gasteiger partial charge in [0, 0.05) is 90.8 Å². The topological polar surface area (TPSA) is 140 Å². The summed E-state index contributed by atoms with van der Waals surface area (Å²) in [6, 6.07) is 70.6. The third kappa shape index (κ3) is 9.27. The van der Waals surface area contributed by atoms with Gasteiger partial charge in [0.05, 0.1) is 49.2 Å². The molecule has 1 atom stereocenters. The van der Waals surface area contributed by atoms with Gasteiger partial charge in [0.2, 0.25) is 5.75 Å². The van der Waals surface area contributed by atoms with Gasteiger partial charge in [-0.2, -0.15) is 14.7 Å². The zero-order valence-electron chi connectivity index (χ0n) is 48.0. The standard InChI is InChI=1S/C72H59N9O4/c1-7-45-20-12-18-28-61(45)79(3)72(83)58-42-47-30-40-56-54-24-14-16-26-59(54)73-66(56)64(47)68(70(58)84-5)77-75-49-32-36-52(37-33-49)80(51-22-10-9-11-23-51)53-38-34-50(35-39-53)76-78-69-65-48(31-41-57-55-25-15-17-27-60(55)74-67(57)65)43-63(71(69)85-6)81(4,44-82)62-29-19-13-21-46(62)8-2/h9-44H,7-8H2,1-6H3,(H-,73,74,75,76,83)/p+1. The highest BCUT2D eigenvalue weighted by atomic mass is 16.5. The normalized spacial score (nSPS) is 12.5. The molecule has 0 fully saturated rings. The average Bonchev–Trinajstić information content (AvgIpc) is 2.10. The van der Waals surface area contributed by atoms with Crippen molar-refractivity contribution < 1.29 is 19.1 Å². The lowest BCUT2D eigenvalue weighted by molar-refractivity contribution is -0.114. The van der Waals surface area contributed by atoms with E-state index in [2.05, 4.69) is 89.4 Å². The fourth-order valence-electron chi connectivity index (χ4n) is 12.1. The average molecular weight is 1120 g/mol. The number of azo groups is 2. The Bertz CT molecular complexity index is 4800. The summed E-state index contributed by atoms with van der Waals surface area (Å²) in [7, 11) is 6.88.